The number of aryl methyl sites for hydroxylation is 1. The molecule has 1 aromatic heterocycles. The molecule has 0 amide bonds. The Morgan fingerprint density at radius 1 is 1.22 bits per heavy atom. The van der Waals surface area contributed by atoms with Gasteiger partial charge in [-0.15, -0.1) is 5.10 Å². The van der Waals surface area contributed by atoms with Crippen molar-refractivity contribution in [2.75, 3.05) is 13.1 Å². The minimum absolute atomic E-state index is 0.208. The van der Waals surface area contributed by atoms with Gasteiger partial charge in [0.05, 0.1) is 5.69 Å². The van der Waals surface area contributed by atoms with Crippen molar-refractivity contribution in [2.45, 2.75) is 25.9 Å². The number of nitrogens with one attached hydrogen (secondary N) is 1. The normalized spacial score (nSPS) is 19.9. The first-order valence-electron chi connectivity index (χ1n) is 6.44. The van der Waals surface area contributed by atoms with Crippen LogP contribution in [0.1, 0.15) is 18.5 Å². The second-order valence-corrected chi connectivity index (χ2v) is 4.72. The van der Waals surface area contributed by atoms with E-state index in [0.29, 0.717) is 5.88 Å². The van der Waals surface area contributed by atoms with Gasteiger partial charge >= 0.3 is 0 Å². The van der Waals surface area contributed by atoms with Gasteiger partial charge in [-0.3, -0.25) is 0 Å². The number of rotatable bonds is 2. The van der Waals surface area contributed by atoms with E-state index in [9.17, 15) is 0 Å². The summed E-state index contributed by atoms with van der Waals surface area (Å²) >= 11 is 0. The van der Waals surface area contributed by atoms with Crippen LogP contribution in [-0.4, -0.2) is 29.4 Å². The zero-order chi connectivity index (χ0) is 12.4. The fourth-order valence-corrected chi connectivity index (χ4v) is 2.38. The molecule has 1 atom stereocenters. The third kappa shape index (κ3) is 2.16. The SMILES string of the molecule is Cc1nnc(OC2CCCNC2)c2ccccc12. The van der Waals surface area contributed by atoms with E-state index >= 15 is 0 Å². The monoisotopic (exact) mass is 243 g/mol. The smallest absolute Gasteiger partial charge is 0.241 e. The van der Waals surface area contributed by atoms with Gasteiger partial charge in [0, 0.05) is 17.3 Å². The van der Waals surface area contributed by atoms with E-state index in [2.05, 4.69) is 21.6 Å². The van der Waals surface area contributed by atoms with Gasteiger partial charge in [-0.2, -0.15) is 5.10 Å². The van der Waals surface area contributed by atoms with Gasteiger partial charge in [0.2, 0.25) is 5.88 Å². The highest BCUT2D eigenvalue weighted by molar-refractivity contribution is 5.88. The molecule has 0 spiro atoms. The van der Waals surface area contributed by atoms with E-state index in [-0.39, 0.29) is 6.10 Å². The quantitative estimate of drug-likeness (QED) is 0.877. The van der Waals surface area contributed by atoms with Crippen LogP contribution < -0.4 is 10.1 Å². The molecule has 1 N–H and O–H groups in total. The summed E-state index contributed by atoms with van der Waals surface area (Å²) in [7, 11) is 0. The Labute approximate surface area is 106 Å². The van der Waals surface area contributed by atoms with Crippen LogP contribution in [0.5, 0.6) is 5.88 Å². The maximum absolute atomic E-state index is 5.99. The number of hydrogen-bond donors (Lipinski definition) is 1. The lowest BCUT2D eigenvalue weighted by molar-refractivity contribution is 0.161. The van der Waals surface area contributed by atoms with E-state index in [1.54, 1.807) is 0 Å². The number of ether oxygens (including phenoxy) is 1. The largest absolute Gasteiger partial charge is 0.471 e. The Morgan fingerprint density at radius 2 is 2.06 bits per heavy atom. The van der Waals surface area contributed by atoms with E-state index in [1.807, 2.05) is 25.1 Å². The first-order valence-corrected chi connectivity index (χ1v) is 6.44. The average molecular weight is 243 g/mol. The summed E-state index contributed by atoms with van der Waals surface area (Å²) in [6.07, 6.45) is 2.44. The first kappa shape index (κ1) is 11.4. The van der Waals surface area contributed by atoms with Crippen LogP contribution in [0.25, 0.3) is 10.8 Å². The number of aromatic nitrogens is 2. The van der Waals surface area contributed by atoms with Crippen LogP contribution in [-0.2, 0) is 0 Å². The minimum Gasteiger partial charge on any atom is -0.471 e. The molecule has 0 saturated carbocycles. The Bertz CT molecular complexity index is 550. The van der Waals surface area contributed by atoms with Gasteiger partial charge in [0.1, 0.15) is 6.10 Å². The Morgan fingerprint density at radius 3 is 2.83 bits per heavy atom. The van der Waals surface area contributed by atoms with Gasteiger partial charge in [0.15, 0.2) is 0 Å². The lowest BCUT2D eigenvalue weighted by Gasteiger charge is -2.23. The molecular formula is C14H17N3O. The highest BCUT2D eigenvalue weighted by Crippen LogP contribution is 2.25. The lowest BCUT2D eigenvalue weighted by atomic mass is 10.1. The van der Waals surface area contributed by atoms with E-state index in [4.69, 9.17) is 4.74 Å². The molecule has 1 unspecified atom stereocenters. The maximum Gasteiger partial charge on any atom is 0.241 e. The van der Waals surface area contributed by atoms with Crippen LogP contribution >= 0.6 is 0 Å². The van der Waals surface area contributed by atoms with Crippen LogP contribution in [0, 0.1) is 6.92 Å². The van der Waals surface area contributed by atoms with Gasteiger partial charge in [0.25, 0.3) is 0 Å². The fourth-order valence-electron chi connectivity index (χ4n) is 2.38. The molecule has 1 fully saturated rings. The van der Waals surface area contributed by atoms with Crippen LogP contribution in [0.4, 0.5) is 0 Å². The number of fused-ring (bicyclic) bond motifs is 1. The topological polar surface area (TPSA) is 47.0 Å². The summed E-state index contributed by atoms with van der Waals surface area (Å²) in [6, 6.07) is 8.13. The zero-order valence-corrected chi connectivity index (χ0v) is 10.5. The summed E-state index contributed by atoms with van der Waals surface area (Å²) in [5.41, 5.74) is 0.944. The Kier molecular flexibility index (Phi) is 3.11. The van der Waals surface area contributed by atoms with E-state index in [1.165, 1.54) is 0 Å². The van der Waals surface area contributed by atoms with Crippen molar-refractivity contribution in [3.63, 3.8) is 0 Å². The maximum atomic E-state index is 5.99. The molecule has 18 heavy (non-hydrogen) atoms. The predicted molar refractivity (Wildman–Crippen MR) is 70.8 cm³/mol. The molecule has 4 nitrogen and oxygen atoms in total. The molecule has 0 aliphatic carbocycles. The molecule has 2 heterocycles. The van der Waals surface area contributed by atoms with Crippen molar-refractivity contribution in [1.82, 2.24) is 15.5 Å². The molecule has 1 aliphatic rings. The Hall–Kier alpha value is -1.68. The molecule has 4 heteroatoms. The summed E-state index contributed by atoms with van der Waals surface area (Å²) in [6.45, 7) is 3.95. The van der Waals surface area contributed by atoms with Gasteiger partial charge in [-0.25, -0.2) is 0 Å². The number of benzene rings is 1. The first-order chi connectivity index (χ1) is 8.84. The highest BCUT2D eigenvalue weighted by Gasteiger charge is 2.17. The molecule has 1 saturated heterocycles. The number of nitrogens with zero attached hydrogens (tertiary/aromatic N) is 2. The van der Waals surface area contributed by atoms with Crippen molar-refractivity contribution in [3.05, 3.63) is 30.0 Å². The molecular weight excluding hydrogens is 226 g/mol. The fraction of sp³-hybridized carbons (Fsp3) is 0.429. The molecule has 94 valence electrons. The summed E-state index contributed by atoms with van der Waals surface area (Å²) < 4.78 is 5.99. The van der Waals surface area contributed by atoms with Crippen molar-refractivity contribution < 1.29 is 4.74 Å². The molecule has 1 aliphatic heterocycles. The Balaban J connectivity index is 1.94. The summed E-state index contributed by atoms with van der Waals surface area (Å²) in [5.74, 6) is 0.657. The third-order valence-corrected chi connectivity index (χ3v) is 3.37. The van der Waals surface area contributed by atoms with Crippen molar-refractivity contribution in [1.29, 1.82) is 0 Å². The van der Waals surface area contributed by atoms with E-state index < -0.39 is 0 Å². The zero-order valence-electron chi connectivity index (χ0n) is 10.5. The van der Waals surface area contributed by atoms with E-state index in [0.717, 1.165) is 42.4 Å². The molecule has 1 aromatic carbocycles. The van der Waals surface area contributed by atoms with Crippen molar-refractivity contribution in [3.8, 4) is 5.88 Å². The predicted octanol–water partition coefficient (Wildman–Crippen LogP) is 2.07. The van der Waals surface area contributed by atoms with Crippen LogP contribution in [0.2, 0.25) is 0 Å². The van der Waals surface area contributed by atoms with Crippen molar-refractivity contribution in [2.24, 2.45) is 0 Å². The molecule has 2 aromatic rings. The summed E-state index contributed by atoms with van der Waals surface area (Å²) in [4.78, 5) is 0. The lowest BCUT2D eigenvalue weighted by Crippen LogP contribution is -2.37. The minimum atomic E-state index is 0.208. The molecule has 0 radical (unpaired) electrons. The second-order valence-electron chi connectivity index (χ2n) is 4.72. The van der Waals surface area contributed by atoms with Crippen molar-refractivity contribution >= 4 is 10.8 Å². The molecule has 0 bridgehead atoms. The average Bonchev–Trinajstić information content (AvgIpc) is 2.44. The van der Waals surface area contributed by atoms with Gasteiger partial charge in [-0.1, -0.05) is 18.2 Å². The van der Waals surface area contributed by atoms with Gasteiger partial charge < -0.3 is 10.1 Å². The van der Waals surface area contributed by atoms with Gasteiger partial charge in [-0.05, 0) is 32.4 Å². The highest BCUT2D eigenvalue weighted by atomic mass is 16.5. The van der Waals surface area contributed by atoms with Crippen LogP contribution in [0.15, 0.2) is 24.3 Å². The van der Waals surface area contributed by atoms with Crippen LogP contribution in [0.3, 0.4) is 0 Å². The molecule has 3 rings (SSSR count). The number of hydrogen-bond acceptors (Lipinski definition) is 4. The second kappa shape index (κ2) is 4.90. The number of piperidine rings is 1. The summed E-state index contributed by atoms with van der Waals surface area (Å²) in [5, 5.41) is 13.9. The third-order valence-electron chi connectivity index (χ3n) is 3.37. The standard InChI is InChI=1S/C14H17N3O/c1-10-12-6-2-3-7-13(12)14(17-16-10)18-11-5-4-8-15-9-11/h2-3,6-7,11,15H,4-5,8-9H2,1H3.